The maximum atomic E-state index is 4.62. The Morgan fingerprint density at radius 2 is 2.10 bits per heavy atom. The Morgan fingerprint density at radius 3 is 2.75 bits per heavy atom. The molecule has 0 amide bonds. The molecule has 2 rings (SSSR count). The van der Waals surface area contributed by atoms with E-state index in [-0.39, 0.29) is 5.54 Å². The van der Waals surface area contributed by atoms with Gasteiger partial charge in [-0.25, -0.2) is 4.98 Å². The van der Waals surface area contributed by atoms with Gasteiger partial charge in [-0.15, -0.1) is 0 Å². The molecule has 20 heavy (non-hydrogen) atoms. The minimum Gasteiger partial charge on any atom is -0.377 e. The largest absolute Gasteiger partial charge is 0.377 e. The lowest BCUT2D eigenvalue weighted by Gasteiger charge is -2.35. The second-order valence-electron chi connectivity index (χ2n) is 6.33. The molecule has 1 aliphatic heterocycles. The van der Waals surface area contributed by atoms with Gasteiger partial charge in [0.15, 0.2) is 5.82 Å². The summed E-state index contributed by atoms with van der Waals surface area (Å²) in [6, 6.07) is 4.72. The van der Waals surface area contributed by atoms with Crippen LogP contribution in [0.1, 0.15) is 40.0 Å². The summed E-state index contributed by atoms with van der Waals surface area (Å²) in [5.41, 5.74) is 1.23. The number of nitrogens with one attached hydrogen (secondary N) is 2. The van der Waals surface area contributed by atoms with Crippen LogP contribution in [0.25, 0.3) is 0 Å². The molecular formula is C16H28N4. The molecule has 112 valence electrons. The van der Waals surface area contributed by atoms with E-state index in [9.17, 15) is 0 Å². The zero-order valence-electron chi connectivity index (χ0n) is 13.2. The van der Waals surface area contributed by atoms with Crippen LogP contribution in [-0.2, 0) is 0 Å². The molecule has 0 aromatic carbocycles. The molecule has 4 nitrogen and oxygen atoms in total. The quantitative estimate of drug-likeness (QED) is 0.867. The van der Waals surface area contributed by atoms with Crippen LogP contribution in [0.3, 0.4) is 0 Å². The van der Waals surface area contributed by atoms with Crippen molar-refractivity contribution in [3.05, 3.63) is 18.3 Å². The summed E-state index contributed by atoms with van der Waals surface area (Å²) < 4.78 is 0. The zero-order valence-corrected chi connectivity index (χ0v) is 13.2. The van der Waals surface area contributed by atoms with Gasteiger partial charge in [-0.1, -0.05) is 6.92 Å². The van der Waals surface area contributed by atoms with Crippen molar-refractivity contribution in [2.45, 2.75) is 51.6 Å². The summed E-state index contributed by atoms with van der Waals surface area (Å²) in [7, 11) is 2.17. The SMILES string of the molecule is CCC(C)(C)Nc1cccnc1N(C)C1CCNCC1. The number of hydrogen-bond acceptors (Lipinski definition) is 4. The van der Waals surface area contributed by atoms with Gasteiger partial charge in [0, 0.05) is 24.8 Å². The van der Waals surface area contributed by atoms with Gasteiger partial charge in [0.05, 0.1) is 5.69 Å². The molecule has 2 heterocycles. The Bertz CT molecular complexity index is 424. The van der Waals surface area contributed by atoms with Crippen molar-refractivity contribution in [1.29, 1.82) is 0 Å². The lowest BCUT2D eigenvalue weighted by Crippen LogP contribution is -2.42. The van der Waals surface area contributed by atoms with Crippen molar-refractivity contribution in [3.63, 3.8) is 0 Å². The van der Waals surface area contributed by atoms with E-state index < -0.39 is 0 Å². The maximum Gasteiger partial charge on any atom is 0.151 e. The van der Waals surface area contributed by atoms with E-state index in [2.05, 4.69) is 54.4 Å². The average Bonchev–Trinajstić information content (AvgIpc) is 2.48. The summed E-state index contributed by atoms with van der Waals surface area (Å²) in [6.45, 7) is 8.87. The molecule has 0 unspecified atom stereocenters. The molecule has 0 bridgehead atoms. The number of nitrogens with zero attached hydrogens (tertiary/aromatic N) is 2. The number of piperidine rings is 1. The molecule has 4 heteroatoms. The highest BCUT2D eigenvalue weighted by molar-refractivity contribution is 5.66. The Kier molecular flexibility index (Phi) is 4.86. The highest BCUT2D eigenvalue weighted by Crippen LogP contribution is 2.28. The fourth-order valence-corrected chi connectivity index (χ4v) is 2.60. The summed E-state index contributed by atoms with van der Waals surface area (Å²) in [6.07, 6.45) is 5.34. The molecule has 0 saturated carbocycles. The Hall–Kier alpha value is -1.29. The highest BCUT2D eigenvalue weighted by atomic mass is 15.2. The number of pyridine rings is 1. The van der Waals surface area contributed by atoms with Crippen molar-refractivity contribution in [2.75, 3.05) is 30.4 Å². The van der Waals surface area contributed by atoms with Gasteiger partial charge < -0.3 is 15.5 Å². The smallest absolute Gasteiger partial charge is 0.151 e. The van der Waals surface area contributed by atoms with Crippen molar-refractivity contribution in [1.82, 2.24) is 10.3 Å². The lowest BCUT2D eigenvalue weighted by molar-refractivity contribution is 0.441. The van der Waals surface area contributed by atoms with E-state index in [1.54, 1.807) is 0 Å². The first-order valence-corrected chi connectivity index (χ1v) is 7.70. The van der Waals surface area contributed by atoms with E-state index in [4.69, 9.17) is 0 Å². The molecule has 1 fully saturated rings. The van der Waals surface area contributed by atoms with Gasteiger partial charge in [-0.3, -0.25) is 0 Å². The van der Waals surface area contributed by atoms with E-state index in [0.29, 0.717) is 6.04 Å². The summed E-state index contributed by atoms with van der Waals surface area (Å²) in [4.78, 5) is 6.96. The van der Waals surface area contributed by atoms with Gasteiger partial charge in [0.25, 0.3) is 0 Å². The van der Waals surface area contributed by atoms with Crippen molar-refractivity contribution in [2.24, 2.45) is 0 Å². The molecule has 1 aromatic rings. The van der Waals surface area contributed by atoms with Gasteiger partial charge >= 0.3 is 0 Å². The second kappa shape index (κ2) is 6.44. The van der Waals surface area contributed by atoms with E-state index >= 15 is 0 Å². The second-order valence-corrected chi connectivity index (χ2v) is 6.33. The molecule has 2 N–H and O–H groups in total. The number of rotatable bonds is 5. The first-order valence-electron chi connectivity index (χ1n) is 7.70. The summed E-state index contributed by atoms with van der Waals surface area (Å²) in [5, 5.41) is 7.06. The number of anilines is 2. The fourth-order valence-electron chi connectivity index (χ4n) is 2.60. The fraction of sp³-hybridized carbons (Fsp3) is 0.688. The van der Waals surface area contributed by atoms with Crippen LogP contribution in [0, 0.1) is 0 Å². The van der Waals surface area contributed by atoms with Crippen LogP contribution < -0.4 is 15.5 Å². The van der Waals surface area contributed by atoms with Crippen LogP contribution >= 0.6 is 0 Å². The molecule has 1 saturated heterocycles. The van der Waals surface area contributed by atoms with Gasteiger partial charge in [0.1, 0.15) is 0 Å². The molecule has 1 aliphatic rings. The Labute approximate surface area is 123 Å². The third-order valence-corrected chi connectivity index (χ3v) is 4.33. The minimum atomic E-state index is 0.0900. The average molecular weight is 276 g/mol. The number of hydrogen-bond donors (Lipinski definition) is 2. The van der Waals surface area contributed by atoms with Crippen LogP contribution in [0.15, 0.2) is 18.3 Å². The highest BCUT2D eigenvalue weighted by Gasteiger charge is 2.23. The van der Waals surface area contributed by atoms with Crippen LogP contribution in [-0.4, -0.2) is 36.7 Å². The minimum absolute atomic E-state index is 0.0900. The Morgan fingerprint density at radius 1 is 1.40 bits per heavy atom. The number of aromatic nitrogens is 1. The molecule has 0 radical (unpaired) electrons. The van der Waals surface area contributed by atoms with Crippen LogP contribution in [0.4, 0.5) is 11.5 Å². The standard InChI is InChI=1S/C16H28N4/c1-5-16(2,3)19-14-7-6-10-18-15(14)20(4)13-8-11-17-12-9-13/h6-7,10,13,17,19H,5,8-9,11-12H2,1-4H3. The monoisotopic (exact) mass is 276 g/mol. The van der Waals surface area contributed by atoms with Gasteiger partial charge in [-0.2, -0.15) is 0 Å². The lowest BCUT2D eigenvalue weighted by atomic mass is 10.0. The van der Waals surface area contributed by atoms with Crippen molar-refractivity contribution in [3.8, 4) is 0 Å². The van der Waals surface area contributed by atoms with Crippen molar-refractivity contribution < 1.29 is 0 Å². The normalized spacial score (nSPS) is 17.0. The topological polar surface area (TPSA) is 40.2 Å². The molecular weight excluding hydrogens is 248 g/mol. The Balaban J connectivity index is 2.18. The summed E-state index contributed by atoms with van der Waals surface area (Å²) >= 11 is 0. The summed E-state index contributed by atoms with van der Waals surface area (Å²) in [5.74, 6) is 1.07. The van der Waals surface area contributed by atoms with E-state index in [0.717, 1.165) is 31.0 Å². The maximum absolute atomic E-state index is 4.62. The molecule has 0 spiro atoms. The predicted molar refractivity (Wildman–Crippen MR) is 86.5 cm³/mol. The van der Waals surface area contributed by atoms with Crippen molar-refractivity contribution >= 4 is 11.5 Å². The first kappa shape index (κ1) is 15.1. The van der Waals surface area contributed by atoms with Gasteiger partial charge in [0.2, 0.25) is 0 Å². The third-order valence-electron chi connectivity index (χ3n) is 4.33. The third kappa shape index (κ3) is 3.63. The van der Waals surface area contributed by atoms with Crippen LogP contribution in [0.2, 0.25) is 0 Å². The van der Waals surface area contributed by atoms with E-state index in [1.807, 2.05) is 12.3 Å². The predicted octanol–water partition coefficient (Wildman–Crippen LogP) is 2.87. The zero-order chi connectivity index (χ0) is 14.6. The molecule has 0 aliphatic carbocycles. The van der Waals surface area contributed by atoms with Gasteiger partial charge in [-0.05, 0) is 58.3 Å². The molecule has 1 aromatic heterocycles. The first-order chi connectivity index (χ1) is 9.53. The van der Waals surface area contributed by atoms with E-state index in [1.165, 1.54) is 12.8 Å². The van der Waals surface area contributed by atoms with Crippen LogP contribution in [0.5, 0.6) is 0 Å². The molecule has 0 atom stereocenters.